The normalized spacial score (nSPS) is 11.4. The SMILES string of the molecule is CN=C(NCc1ccc(Cl)cc1)NCc1csc(-c2ccccc2)n1. The molecule has 4 nitrogen and oxygen atoms in total. The van der Waals surface area contributed by atoms with Crippen LogP contribution in [0.15, 0.2) is 65.0 Å². The fourth-order valence-electron chi connectivity index (χ4n) is 2.28. The molecule has 128 valence electrons. The Morgan fingerprint density at radius 1 is 1.04 bits per heavy atom. The van der Waals surface area contributed by atoms with Crippen LogP contribution in [0.5, 0.6) is 0 Å². The van der Waals surface area contributed by atoms with Gasteiger partial charge in [-0.05, 0) is 17.7 Å². The van der Waals surface area contributed by atoms with Gasteiger partial charge >= 0.3 is 0 Å². The third kappa shape index (κ3) is 5.05. The number of guanidine groups is 1. The van der Waals surface area contributed by atoms with E-state index in [-0.39, 0.29) is 0 Å². The lowest BCUT2D eigenvalue weighted by atomic mass is 10.2. The molecule has 2 N–H and O–H groups in total. The van der Waals surface area contributed by atoms with Gasteiger partial charge in [-0.15, -0.1) is 11.3 Å². The van der Waals surface area contributed by atoms with Gasteiger partial charge in [-0.3, -0.25) is 4.99 Å². The Balaban J connectivity index is 1.53. The zero-order chi connectivity index (χ0) is 17.5. The van der Waals surface area contributed by atoms with E-state index in [4.69, 9.17) is 11.6 Å². The lowest BCUT2D eigenvalue weighted by molar-refractivity contribution is 0.798. The number of aliphatic imine (C=N–C) groups is 1. The van der Waals surface area contributed by atoms with Crippen molar-refractivity contribution >= 4 is 28.9 Å². The maximum Gasteiger partial charge on any atom is 0.191 e. The molecule has 0 saturated carbocycles. The molecule has 0 atom stereocenters. The van der Waals surface area contributed by atoms with Crippen LogP contribution in [0.3, 0.4) is 0 Å². The number of rotatable bonds is 5. The van der Waals surface area contributed by atoms with Crippen LogP contribution < -0.4 is 10.6 Å². The predicted octanol–water partition coefficient (Wildman–Crippen LogP) is 4.33. The Kier molecular flexibility index (Phi) is 6.04. The summed E-state index contributed by atoms with van der Waals surface area (Å²) in [5.74, 6) is 0.740. The maximum atomic E-state index is 5.90. The lowest BCUT2D eigenvalue weighted by Crippen LogP contribution is -2.36. The van der Waals surface area contributed by atoms with E-state index in [1.807, 2.05) is 42.5 Å². The van der Waals surface area contributed by atoms with E-state index < -0.39 is 0 Å². The molecular weight excluding hydrogens is 352 g/mol. The Morgan fingerprint density at radius 2 is 1.76 bits per heavy atom. The summed E-state index contributed by atoms with van der Waals surface area (Å²) in [4.78, 5) is 8.92. The van der Waals surface area contributed by atoms with Crippen molar-refractivity contribution in [3.63, 3.8) is 0 Å². The fraction of sp³-hybridized carbons (Fsp3) is 0.158. The molecule has 3 rings (SSSR count). The first-order valence-electron chi connectivity index (χ1n) is 7.93. The lowest BCUT2D eigenvalue weighted by Gasteiger charge is -2.11. The molecular formula is C19H19ClN4S. The monoisotopic (exact) mass is 370 g/mol. The van der Waals surface area contributed by atoms with Gasteiger partial charge in [-0.1, -0.05) is 54.1 Å². The first-order valence-corrected chi connectivity index (χ1v) is 9.19. The second-order valence-corrected chi connectivity index (χ2v) is 6.71. The molecule has 3 aromatic rings. The average molecular weight is 371 g/mol. The van der Waals surface area contributed by atoms with Crippen molar-refractivity contribution in [3.05, 3.63) is 76.3 Å². The summed E-state index contributed by atoms with van der Waals surface area (Å²) < 4.78 is 0. The van der Waals surface area contributed by atoms with Gasteiger partial charge in [-0.25, -0.2) is 4.98 Å². The molecule has 0 radical (unpaired) electrons. The van der Waals surface area contributed by atoms with Crippen molar-refractivity contribution in [1.29, 1.82) is 0 Å². The summed E-state index contributed by atoms with van der Waals surface area (Å²) in [5, 5.41) is 10.4. The highest BCUT2D eigenvalue weighted by Crippen LogP contribution is 2.23. The van der Waals surface area contributed by atoms with Gasteiger partial charge in [0.25, 0.3) is 0 Å². The number of halogens is 1. The van der Waals surface area contributed by atoms with Crippen molar-refractivity contribution < 1.29 is 0 Å². The second kappa shape index (κ2) is 8.65. The van der Waals surface area contributed by atoms with Gasteiger partial charge < -0.3 is 10.6 Å². The second-order valence-electron chi connectivity index (χ2n) is 5.42. The third-order valence-corrected chi connectivity index (χ3v) is 4.80. The van der Waals surface area contributed by atoms with Crippen molar-refractivity contribution in [2.75, 3.05) is 7.05 Å². The first kappa shape index (κ1) is 17.5. The minimum Gasteiger partial charge on any atom is -0.352 e. The Bertz CT molecular complexity index is 828. The zero-order valence-electron chi connectivity index (χ0n) is 13.9. The van der Waals surface area contributed by atoms with Crippen LogP contribution in [0.2, 0.25) is 5.02 Å². The highest BCUT2D eigenvalue weighted by molar-refractivity contribution is 7.13. The molecule has 0 saturated heterocycles. The van der Waals surface area contributed by atoms with E-state index in [1.54, 1.807) is 18.4 Å². The number of hydrogen-bond acceptors (Lipinski definition) is 3. The van der Waals surface area contributed by atoms with E-state index in [2.05, 4.69) is 38.1 Å². The topological polar surface area (TPSA) is 49.3 Å². The Morgan fingerprint density at radius 3 is 2.48 bits per heavy atom. The predicted molar refractivity (Wildman–Crippen MR) is 106 cm³/mol. The van der Waals surface area contributed by atoms with Crippen molar-refractivity contribution in [1.82, 2.24) is 15.6 Å². The minimum absolute atomic E-state index is 0.629. The molecule has 0 aliphatic heterocycles. The smallest absolute Gasteiger partial charge is 0.191 e. The molecule has 0 spiro atoms. The zero-order valence-corrected chi connectivity index (χ0v) is 15.4. The van der Waals surface area contributed by atoms with E-state index in [9.17, 15) is 0 Å². The van der Waals surface area contributed by atoms with E-state index in [0.717, 1.165) is 32.8 Å². The van der Waals surface area contributed by atoms with E-state index in [0.29, 0.717) is 13.1 Å². The molecule has 0 bridgehead atoms. The standard InChI is InChI=1S/C19H19ClN4S/c1-21-19(22-11-14-7-9-16(20)10-8-14)23-12-17-13-25-18(24-17)15-5-3-2-4-6-15/h2-10,13H,11-12H2,1H3,(H2,21,22,23). The number of benzene rings is 2. The molecule has 6 heteroatoms. The Hall–Kier alpha value is -2.37. The van der Waals surface area contributed by atoms with E-state index >= 15 is 0 Å². The minimum atomic E-state index is 0.629. The summed E-state index contributed by atoms with van der Waals surface area (Å²) in [5.41, 5.74) is 3.29. The molecule has 0 aliphatic carbocycles. The largest absolute Gasteiger partial charge is 0.352 e. The van der Waals surface area contributed by atoms with Crippen LogP contribution >= 0.6 is 22.9 Å². The molecule has 25 heavy (non-hydrogen) atoms. The maximum absolute atomic E-state index is 5.90. The third-order valence-electron chi connectivity index (χ3n) is 3.61. The van der Waals surface area contributed by atoms with Gasteiger partial charge in [0.15, 0.2) is 5.96 Å². The molecule has 2 aromatic carbocycles. The quantitative estimate of drug-likeness (QED) is 0.519. The summed E-state index contributed by atoms with van der Waals surface area (Å²) in [6, 6.07) is 18.0. The van der Waals surface area contributed by atoms with Crippen LogP contribution in [0.4, 0.5) is 0 Å². The average Bonchev–Trinajstić information content (AvgIpc) is 3.13. The van der Waals surface area contributed by atoms with Crippen LogP contribution in [-0.2, 0) is 13.1 Å². The molecule has 1 heterocycles. The van der Waals surface area contributed by atoms with Gasteiger partial charge in [0.2, 0.25) is 0 Å². The van der Waals surface area contributed by atoms with Gasteiger partial charge in [0.05, 0.1) is 12.2 Å². The highest BCUT2D eigenvalue weighted by atomic mass is 35.5. The van der Waals surface area contributed by atoms with Gasteiger partial charge in [-0.2, -0.15) is 0 Å². The van der Waals surface area contributed by atoms with Crippen LogP contribution in [0.1, 0.15) is 11.3 Å². The van der Waals surface area contributed by atoms with Crippen LogP contribution in [0, 0.1) is 0 Å². The van der Waals surface area contributed by atoms with Gasteiger partial charge in [0, 0.05) is 29.6 Å². The molecule has 0 amide bonds. The molecule has 0 fully saturated rings. The number of hydrogen-bond donors (Lipinski definition) is 2. The Labute approximate surface area is 156 Å². The summed E-state index contributed by atoms with van der Waals surface area (Å²) >= 11 is 7.55. The number of nitrogens with zero attached hydrogens (tertiary/aromatic N) is 2. The van der Waals surface area contributed by atoms with Crippen molar-refractivity contribution in [2.45, 2.75) is 13.1 Å². The summed E-state index contributed by atoms with van der Waals surface area (Å²) in [7, 11) is 1.76. The highest BCUT2D eigenvalue weighted by Gasteiger charge is 2.05. The molecule has 1 aromatic heterocycles. The summed E-state index contributed by atoms with van der Waals surface area (Å²) in [6.45, 7) is 1.31. The van der Waals surface area contributed by atoms with Crippen LogP contribution in [0.25, 0.3) is 10.6 Å². The number of nitrogens with one attached hydrogen (secondary N) is 2. The van der Waals surface area contributed by atoms with Gasteiger partial charge in [0.1, 0.15) is 5.01 Å². The molecule has 0 unspecified atom stereocenters. The van der Waals surface area contributed by atoms with Crippen LogP contribution in [-0.4, -0.2) is 18.0 Å². The number of aromatic nitrogens is 1. The van der Waals surface area contributed by atoms with E-state index in [1.165, 1.54) is 0 Å². The van der Waals surface area contributed by atoms with Crippen molar-refractivity contribution in [2.24, 2.45) is 4.99 Å². The molecule has 0 aliphatic rings. The van der Waals surface area contributed by atoms with Crippen molar-refractivity contribution in [3.8, 4) is 10.6 Å². The summed E-state index contributed by atoms with van der Waals surface area (Å²) in [6.07, 6.45) is 0. The first-order chi connectivity index (χ1) is 12.2. The number of thiazole rings is 1. The fourth-order valence-corrected chi connectivity index (χ4v) is 3.24.